The fourth-order valence-corrected chi connectivity index (χ4v) is 4.68. The number of nitrogens with two attached hydrogens (primary N) is 1. The Morgan fingerprint density at radius 1 is 1.03 bits per heavy atom. The molecule has 0 spiro atoms. The van der Waals surface area contributed by atoms with Gasteiger partial charge in [-0.25, -0.2) is 22.7 Å². The van der Waals surface area contributed by atoms with Crippen LogP contribution < -0.4 is 10.5 Å². The van der Waals surface area contributed by atoms with Crippen LogP contribution in [0.3, 0.4) is 0 Å². The summed E-state index contributed by atoms with van der Waals surface area (Å²) in [6.45, 7) is 3.94. The van der Waals surface area contributed by atoms with Gasteiger partial charge in [-0.1, -0.05) is 25.4 Å². The number of hydrogen-bond donors (Lipinski definition) is 2. The third-order valence-electron chi connectivity index (χ3n) is 5.74. The Kier molecular flexibility index (Phi) is 8.49. The smallest absolute Gasteiger partial charge is 0.345 e. The molecule has 2 aromatic carbocycles. The molecule has 0 radical (unpaired) electrons. The Balaban J connectivity index is 1.63. The van der Waals surface area contributed by atoms with E-state index in [-0.39, 0.29) is 27.8 Å². The summed E-state index contributed by atoms with van der Waals surface area (Å²) in [5.74, 6) is -3.23. The maximum Gasteiger partial charge on any atom is 0.345 e. The Labute approximate surface area is 213 Å². The average molecular weight is 536 g/mol. The van der Waals surface area contributed by atoms with Crippen LogP contribution >= 0.6 is 11.6 Å². The Bertz CT molecular complexity index is 1260. The van der Waals surface area contributed by atoms with Crippen LogP contribution in [0.15, 0.2) is 53.4 Å². The van der Waals surface area contributed by atoms with Gasteiger partial charge in [-0.2, -0.15) is 0 Å². The number of esters is 2. The second-order valence-electron chi connectivity index (χ2n) is 8.63. The lowest BCUT2D eigenvalue weighted by atomic mass is 10.0. The predicted molar refractivity (Wildman–Crippen MR) is 131 cm³/mol. The first-order chi connectivity index (χ1) is 16.9. The maximum absolute atomic E-state index is 12.6. The zero-order valence-corrected chi connectivity index (χ0v) is 21.2. The molecule has 1 aliphatic heterocycles. The van der Waals surface area contributed by atoms with Crippen LogP contribution in [0.25, 0.3) is 0 Å². The van der Waals surface area contributed by atoms with Gasteiger partial charge in [0.25, 0.3) is 15.9 Å². The molecule has 0 unspecified atom stereocenters. The molecule has 2 amide bonds. The molecule has 12 heteroatoms. The number of likely N-dealkylation sites (tertiary alicyclic amines) is 1. The standard InChI is InChI=1S/C24H26ClN3O7S/c1-14(2)20(26)22(30)28-13-3-4-19(28)24(32)35-23(31)16-7-5-15(6-8-16)21(29)27-36(33,34)18-11-9-17(25)10-12-18/h5-12,14,19-20H,3-4,13,26H2,1-2H3,(H,27,29)/t19-,20-/m0/s1. The molecule has 0 aromatic heterocycles. The van der Waals surface area contributed by atoms with Gasteiger partial charge >= 0.3 is 11.9 Å². The number of halogens is 1. The van der Waals surface area contributed by atoms with E-state index in [2.05, 4.69) is 0 Å². The highest BCUT2D eigenvalue weighted by molar-refractivity contribution is 7.90. The lowest BCUT2D eigenvalue weighted by molar-refractivity contribution is -0.149. The number of sulfonamides is 1. The van der Waals surface area contributed by atoms with E-state index in [0.717, 1.165) is 0 Å². The quantitative estimate of drug-likeness (QED) is 0.404. The summed E-state index contributed by atoms with van der Waals surface area (Å²) in [6, 6.07) is 8.49. The second-order valence-corrected chi connectivity index (χ2v) is 10.8. The molecule has 2 aromatic rings. The minimum Gasteiger partial charge on any atom is -0.388 e. The summed E-state index contributed by atoms with van der Waals surface area (Å²) in [6.07, 6.45) is 0.928. The molecule has 3 rings (SSSR count). The van der Waals surface area contributed by atoms with E-state index < -0.39 is 40.0 Å². The molecule has 10 nitrogen and oxygen atoms in total. The third-order valence-corrected chi connectivity index (χ3v) is 7.34. The van der Waals surface area contributed by atoms with Crippen molar-refractivity contribution in [3.63, 3.8) is 0 Å². The second kappa shape index (κ2) is 11.2. The summed E-state index contributed by atoms with van der Waals surface area (Å²) in [5.41, 5.74) is 5.86. The first kappa shape index (κ1) is 27.3. The van der Waals surface area contributed by atoms with E-state index in [9.17, 15) is 27.6 Å². The van der Waals surface area contributed by atoms with Gasteiger partial charge in [-0.15, -0.1) is 0 Å². The molecule has 2 atom stereocenters. The average Bonchev–Trinajstić information content (AvgIpc) is 3.33. The van der Waals surface area contributed by atoms with E-state index >= 15 is 0 Å². The summed E-state index contributed by atoms with van der Waals surface area (Å²) in [7, 11) is -4.14. The molecule has 0 bridgehead atoms. The third kappa shape index (κ3) is 6.28. The largest absolute Gasteiger partial charge is 0.388 e. The highest BCUT2D eigenvalue weighted by Crippen LogP contribution is 2.21. The van der Waals surface area contributed by atoms with Crippen molar-refractivity contribution in [1.29, 1.82) is 0 Å². The monoisotopic (exact) mass is 535 g/mol. The van der Waals surface area contributed by atoms with Crippen molar-refractivity contribution in [3.8, 4) is 0 Å². The van der Waals surface area contributed by atoms with Crippen LogP contribution in [0, 0.1) is 5.92 Å². The van der Waals surface area contributed by atoms with Crippen molar-refractivity contribution in [2.75, 3.05) is 6.54 Å². The van der Waals surface area contributed by atoms with Crippen LogP contribution in [0.5, 0.6) is 0 Å². The van der Waals surface area contributed by atoms with E-state index in [4.69, 9.17) is 22.1 Å². The van der Waals surface area contributed by atoms with Gasteiger partial charge in [0.1, 0.15) is 6.04 Å². The molecule has 1 saturated heterocycles. The van der Waals surface area contributed by atoms with Crippen molar-refractivity contribution >= 4 is 45.4 Å². The molecule has 0 aliphatic carbocycles. The first-order valence-corrected chi connectivity index (χ1v) is 13.0. The molecule has 1 aliphatic rings. The summed E-state index contributed by atoms with van der Waals surface area (Å²) in [5, 5.41) is 0.340. The van der Waals surface area contributed by atoms with Gasteiger partial charge in [0.2, 0.25) is 5.91 Å². The van der Waals surface area contributed by atoms with Gasteiger partial charge in [-0.3, -0.25) is 9.59 Å². The van der Waals surface area contributed by atoms with Crippen LogP contribution in [0.2, 0.25) is 5.02 Å². The minimum atomic E-state index is -4.14. The molecule has 0 saturated carbocycles. The number of benzene rings is 2. The molecule has 1 heterocycles. The van der Waals surface area contributed by atoms with Crippen molar-refractivity contribution in [2.24, 2.45) is 11.7 Å². The van der Waals surface area contributed by atoms with Crippen LogP contribution in [0.1, 0.15) is 47.4 Å². The van der Waals surface area contributed by atoms with E-state index in [0.29, 0.717) is 24.4 Å². The van der Waals surface area contributed by atoms with Crippen LogP contribution in [0.4, 0.5) is 0 Å². The number of carbonyl (C=O) groups excluding carboxylic acids is 4. The van der Waals surface area contributed by atoms with Crippen molar-refractivity contribution in [3.05, 3.63) is 64.7 Å². The highest BCUT2D eigenvalue weighted by Gasteiger charge is 2.38. The Hall–Kier alpha value is -3.28. The highest BCUT2D eigenvalue weighted by atomic mass is 35.5. The number of ether oxygens (including phenoxy) is 1. The molecule has 1 fully saturated rings. The molecule has 3 N–H and O–H groups in total. The number of nitrogens with one attached hydrogen (secondary N) is 1. The van der Waals surface area contributed by atoms with Gasteiger partial charge in [-0.05, 0) is 67.3 Å². The Morgan fingerprint density at radius 2 is 1.61 bits per heavy atom. The number of nitrogens with zero attached hydrogens (tertiary/aromatic N) is 1. The zero-order valence-electron chi connectivity index (χ0n) is 19.6. The van der Waals surface area contributed by atoms with E-state index in [1.165, 1.54) is 53.4 Å². The maximum atomic E-state index is 12.6. The van der Waals surface area contributed by atoms with Gasteiger partial charge < -0.3 is 15.4 Å². The number of carbonyl (C=O) groups is 4. The van der Waals surface area contributed by atoms with Gasteiger partial charge in [0, 0.05) is 17.1 Å². The lowest BCUT2D eigenvalue weighted by Gasteiger charge is -2.27. The summed E-state index contributed by atoms with van der Waals surface area (Å²) >= 11 is 5.75. The van der Waals surface area contributed by atoms with Crippen molar-refractivity contribution < 1.29 is 32.3 Å². The molecule has 36 heavy (non-hydrogen) atoms. The zero-order chi connectivity index (χ0) is 26.6. The minimum absolute atomic E-state index is 0.0322. The van der Waals surface area contributed by atoms with Gasteiger partial charge in [0.05, 0.1) is 16.5 Å². The van der Waals surface area contributed by atoms with E-state index in [1.54, 1.807) is 13.8 Å². The van der Waals surface area contributed by atoms with Gasteiger partial charge in [0.15, 0.2) is 0 Å². The number of amides is 2. The topological polar surface area (TPSA) is 153 Å². The lowest BCUT2D eigenvalue weighted by Crippen LogP contribution is -2.50. The van der Waals surface area contributed by atoms with Crippen LogP contribution in [-0.4, -0.2) is 55.7 Å². The van der Waals surface area contributed by atoms with E-state index in [1.807, 2.05) is 4.72 Å². The summed E-state index contributed by atoms with van der Waals surface area (Å²) in [4.78, 5) is 51.3. The normalized spacial score (nSPS) is 16.5. The Morgan fingerprint density at radius 3 is 2.19 bits per heavy atom. The van der Waals surface area contributed by atoms with Crippen molar-refractivity contribution in [1.82, 2.24) is 9.62 Å². The molecular formula is C24H26ClN3O7S. The SMILES string of the molecule is CC(C)[C@H](N)C(=O)N1CCC[C@H]1C(=O)OC(=O)c1ccc(C(=O)NS(=O)(=O)c2ccc(Cl)cc2)cc1. The predicted octanol–water partition coefficient (Wildman–Crippen LogP) is 2.12. The van der Waals surface area contributed by atoms with Crippen LogP contribution in [-0.2, 0) is 24.3 Å². The fourth-order valence-electron chi connectivity index (χ4n) is 3.58. The number of rotatable bonds is 7. The number of hydrogen-bond acceptors (Lipinski definition) is 8. The summed E-state index contributed by atoms with van der Waals surface area (Å²) < 4.78 is 31.7. The fraction of sp³-hybridized carbons (Fsp3) is 0.333. The molecule has 192 valence electrons. The molecular weight excluding hydrogens is 510 g/mol. The first-order valence-electron chi connectivity index (χ1n) is 11.2. The van der Waals surface area contributed by atoms with Crippen molar-refractivity contribution in [2.45, 2.75) is 43.7 Å².